The van der Waals surface area contributed by atoms with Gasteiger partial charge in [0.05, 0.1) is 6.04 Å². The summed E-state index contributed by atoms with van der Waals surface area (Å²) >= 11 is 0. The fourth-order valence-corrected chi connectivity index (χ4v) is 2.25. The molecule has 0 spiro atoms. The molecular weight excluding hydrogens is 248 g/mol. The number of benzene rings is 2. The average molecular weight is 268 g/mol. The number of fused-ring (bicyclic) bond motifs is 1. The van der Waals surface area contributed by atoms with Crippen LogP contribution in [0, 0.1) is 0 Å². The Balaban J connectivity index is 2.11. The van der Waals surface area contributed by atoms with Gasteiger partial charge in [0.25, 0.3) is 0 Å². The van der Waals surface area contributed by atoms with Crippen LogP contribution >= 0.6 is 0 Å². The SMILES string of the molecule is C=CCC(N)C(=O)N(C)Cc1ccc2ccccc2c1. The van der Waals surface area contributed by atoms with E-state index in [0.717, 1.165) is 5.56 Å². The van der Waals surface area contributed by atoms with Crippen molar-refractivity contribution in [1.82, 2.24) is 4.90 Å². The zero-order valence-electron chi connectivity index (χ0n) is 11.8. The number of hydrogen-bond acceptors (Lipinski definition) is 2. The molecule has 2 rings (SSSR count). The average Bonchev–Trinajstić information content (AvgIpc) is 2.46. The molecule has 2 N–H and O–H groups in total. The second-order valence-corrected chi connectivity index (χ2v) is 5.01. The Kier molecular flexibility index (Phi) is 4.53. The summed E-state index contributed by atoms with van der Waals surface area (Å²) in [7, 11) is 1.78. The molecule has 0 radical (unpaired) electrons. The fraction of sp³-hybridized carbons (Fsp3) is 0.235. The molecule has 1 amide bonds. The molecule has 2 aromatic rings. The van der Waals surface area contributed by atoms with E-state index in [4.69, 9.17) is 5.73 Å². The molecule has 0 aliphatic carbocycles. The summed E-state index contributed by atoms with van der Waals surface area (Å²) < 4.78 is 0. The van der Waals surface area contributed by atoms with Crippen LogP contribution in [0.3, 0.4) is 0 Å². The second kappa shape index (κ2) is 6.35. The number of rotatable bonds is 5. The number of likely N-dealkylation sites (N-methyl/N-ethyl adjacent to an activating group) is 1. The number of hydrogen-bond donors (Lipinski definition) is 1. The minimum atomic E-state index is -0.502. The van der Waals surface area contributed by atoms with Crippen LogP contribution in [0.1, 0.15) is 12.0 Å². The van der Waals surface area contributed by atoms with Gasteiger partial charge in [-0.2, -0.15) is 0 Å². The summed E-state index contributed by atoms with van der Waals surface area (Å²) in [5.74, 6) is -0.0574. The molecule has 0 aromatic heterocycles. The van der Waals surface area contributed by atoms with E-state index in [9.17, 15) is 4.79 Å². The molecule has 3 heteroatoms. The maximum absolute atomic E-state index is 12.1. The zero-order valence-corrected chi connectivity index (χ0v) is 11.8. The first-order valence-electron chi connectivity index (χ1n) is 6.71. The van der Waals surface area contributed by atoms with Crippen molar-refractivity contribution in [2.75, 3.05) is 7.05 Å². The molecule has 0 aliphatic heterocycles. The van der Waals surface area contributed by atoms with E-state index < -0.39 is 6.04 Å². The highest BCUT2D eigenvalue weighted by Gasteiger charge is 2.16. The third kappa shape index (κ3) is 3.25. The van der Waals surface area contributed by atoms with E-state index in [1.54, 1.807) is 18.0 Å². The highest BCUT2D eigenvalue weighted by atomic mass is 16.2. The van der Waals surface area contributed by atoms with E-state index in [1.165, 1.54) is 10.8 Å². The molecule has 0 heterocycles. The van der Waals surface area contributed by atoms with Crippen LogP contribution in [-0.2, 0) is 11.3 Å². The van der Waals surface area contributed by atoms with Gasteiger partial charge in [-0.1, -0.05) is 42.5 Å². The Morgan fingerprint density at radius 1 is 1.30 bits per heavy atom. The fourth-order valence-electron chi connectivity index (χ4n) is 2.25. The smallest absolute Gasteiger partial charge is 0.239 e. The van der Waals surface area contributed by atoms with E-state index in [-0.39, 0.29) is 5.91 Å². The van der Waals surface area contributed by atoms with Crippen molar-refractivity contribution < 1.29 is 4.79 Å². The molecule has 0 aliphatic rings. The number of carbonyl (C=O) groups excluding carboxylic acids is 1. The maximum atomic E-state index is 12.1. The lowest BCUT2D eigenvalue weighted by Gasteiger charge is -2.21. The van der Waals surface area contributed by atoms with Gasteiger partial charge in [0, 0.05) is 13.6 Å². The van der Waals surface area contributed by atoms with Crippen molar-refractivity contribution in [3.8, 4) is 0 Å². The van der Waals surface area contributed by atoms with E-state index in [0.29, 0.717) is 13.0 Å². The van der Waals surface area contributed by atoms with Crippen molar-refractivity contribution in [3.63, 3.8) is 0 Å². The Labute approximate surface area is 119 Å². The highest BCUT2D eigenvalue weighted by Crippen LogP contribution is 2.16. The molecule has 0 fully saturated rings. The van der Waals surface area contributed by atoms with Crippen molar-refractivity contribution >= 4 is 16.7 Å². The van der Waals surface area contributed by atoms with Gasteiger partial charge >= 0.3 is 0 Å². The van der Waals surface area contributed by atoms with Crippen molar-refractivity contribution in [1.29, 1.82) is 0 Å². The Morgan fingerprint density at radius 3 is 2.70 bits per heavy atom. The van der Waals surface area contributed by atoms with Gasteiger partial charge in [0.15, 0.2) is 0 Å². The second-order valence-electron chi connectivity index (χ2n) is 5.01. The lowest BCUT2D eigenvalue weighted by molar-refractivity contribution is -0.131. The van der Waals surface area contributed by atoms with Crippen LogP contribution in [0.25, 0.3) is 10.8 Å². The van der Waals surface area contributed by atoms with Crippen LogP contribution in [0.2, 0.25) is 0 Å². The number of carbonyl (C=O) groups is 1. The molecule has 20 heavy (non-hydrogen) atoms. The normalized spacial score (nSPS) is 12.1. The first-order valence-corrected chi connectivity index (χ1v) is 6.71. The molecule has 0 saturated carbocycles. The summed E-state index contributed by atoms with van der Waals surface area (Å²) in [5, 5.41) is 2.38. The van der Waals surface area contributed by atoms with Crippen LogP contribution in [0.15, 0.2) is 55.1 Å². The van der Waals surface area contributed by atoms with Gasteiger partial charge in [-0.3, -0.25) is 4.79 Å². The van der Waals surface area contributed by atoms with Crippen LogP contribution in [0.4, 0.5) is 0 Å². The summed E-state index contributed by atoms with van der Waals surface area (Å²) in [6, 6.07) is 13.9. The number of nitrogens with two attached hydrogens (primary N) is 1. The molecule has 1 atom stereocenters. The molecule has 2 aromatic carbocycles. The predicted octanol–water partition coefficient (Wildman–Crippen LogP) is 2.70. The molecule has 104 valence electrons. The molecule has 3 nitrogen and oxygen atoms in total. The monoisotopic (exact) mass is 268 g/mol. The van der Waals surface area contributed by atoms with Gasteiger partial charge in [-0.15, -0.1) is 6.58 Å². The standard InChI is InChI=1S/C17H20N2O/c1-3-6-16(18)17(20)19(2)12-13-9-10-14-7-4-5-8-15(14)11-13/h3-5,7-11,16H,1,6,12,18H2,2H3. The van der Waals surface area contributed by atoms with Crippen molar-refractivity contribution in [3.05, 3.63) is 60.7 Å². The summed E-state index contributed by atoms with van der Waals surface area (Å²) in [6.07, 6.45) is 2.17. The van der Waals surface area contributed by atoms with E-state index >= 15 is 0 Å². The number of nitrogens with zero attached hydrogens (tertiary/aromatic N) is 1. The minimum absolute atomic E-state index is 0.0574. The maximum Gasteiger partial charge on any atom is 0.239 e. The zero-order chi connectivity index (χ0) is 14.5. The molecule has 0 bridgehead atoms. The molecular formula is C17H20N2O. The Hall–Kier alpha value is -2.13. The summed E-state index contributed by atoms with van der Waals surface area (Å²) in [6.45, 7) is 4.17. The quantitative estimate of drug-likeness (QED) is 0.847. The lowest BCUT2D eigenvalue weighted by atomic mass is 10.1. The third-order valence-corrected chi connectivity index (χ3v) is 3.35. The first-order chi connectivity index (χ1) is 9.61. The van der Waals surface area contributed by atoms with Gasteiger partial charge in [0.2, 0.25) is 5.91 Å². The topological polar surface area (TPSA) is 46.3 Å². The van der Waals surface area contributed by atoms with Crippen molar-refractivity contribution in [2.45, 2.75) is 19.0 Å². The Morgan fingerprint density at radius 2 is 2.00 bits per heavy atom. The van der Waals surface area contributed by atoms with Crippen molar-refractivity contribution in [2.24, 2.45) is 5.73 Å². The van der Waals surface area contributed by atoms with Crippen LogP contribution in [0.5, 0.6) is 0 Å². The first kappa shape index (κ1) is 14.3. The highest BCUT2D eigenvalue weighted by molar-refractivity contribution is 5.84. The van der Waals surface area contributed by atoms with Gasteiger partial charge in [0.1, 0.15) is 0 Å². The van der Waals surface area contributed by atoms with Crippen LogP contribution < -0.4 is 5.73 Å². The van der Waals surface area contributed by atoms with E-state index in [1.807, 2.05) is 18.2 Å². The van der Waals surface area contributed by atoms with Gasteiger partial charge in [-0.05, 0) is 28.8 Å². The van der Waals surface area contributed by atoms with Gasteiger partial charge in [-0.25, -0.2) is 0 Å². The molecule has 0 saturated heterocycles. The predicted molar refractivity (Wildman–Crippen MR) is 83.2 cm³/mol. The lowest BCUT2D eigenvalue weighted by Crippen LogP contribution is -2.41. The number of amides is 1. The molecule has 1 unspecified atom stereocenters. The minimum Gasteiger partial charge on any atom is -0.340 e. The van der Waals surface area contributed by atoms with Crippen LogP contribution in [-0.4, -0.2) is 23.9 Å². The third-order valence-electron chi connectivity index (χ3n) is 3.35. The Bertz CT molecular complexity index is 621. The summed E-state index contributed by atoms with van der Waals surface area (Å²) in [4.78, 5) is 13.7. The van der Waals surface area contributed by atoms with E-state index in [2.05, 4.69) is 30.8 Å². The largest absolute Gasteiger partial charge is 0.340 e. The summed E-state index contributed by atoms with van der Waals surface area (Å²) in [5.41, 5.74) is 6.91. The van der Waals surface area contributed by atoms with Gasteiger partial charge < -0.3 is 10.6 Å².